The Hall–Kier alpha value is -2.54. The first-order valence-electron chi connectivity index (χ1n) is 7.63. The summed E-state index contributed by atoms with van der Waals surface area (Å²) >= 11 is 1.33. The van der Waals surface area contributed by atoms with Gasteiger partial charge in [-0.15, -0.1) is 10.2 Å². The Balaban J connectivity index is 1.86. The Morgan fingerprint density at radius 2 is 1.83 bits per heavy atom. The Kier molecular flexibility index (Phi) is 6.20. The zero-order valence-corrected chi connectivity index (χ0v) is 14.6. The molecule has 2 aromatic rings. The van der Waals surface area contributed by atoms with E-state index < -0.39 is 6.04 Å². The third kappa shape index (κ3) is 5.27. The van der Waals surface area contributed by atoms with Crippen molar-refractivity contribution in [3.63, 3.8) is 0 Å². The molecule has 6 nitrogen and oxygen atoms in total. The highest BCUT2D eigenvalue weighted by Crippen LogP contribution is 2.22. The van der Waals surface area contributed by atoms with Crippen LogP contribution in [0.2, 0.25) is 0 Å². The predicted octanol–water partition coefficient (Wildman–Crippen LogP) is 2.82. The van der Waals surface area contributed by atoms with E-state index in [9.17, 15) is 9.59 Å². The molecule has 0 spiro atoms. The highest BCUT2D eigenvalue weighted by Gasteiger charge is 2.17. The van der Waals surface area contributed by atoms with E-state index in [-0.39, 0.29) is 17.7 Å². The van der Waals surface area contributed by atoms with Crippen molar-refractivity contribution in [1.29, 1.82) is 0 Å². The fraction of sp³-hybridized carbons (Fsp3) is 0.294. The molecule has 0 fully saturated rings. The molecular formula is C17H20N4O2S. The van der Waals surface area contributed by atoms with E-state index in [4.69, 9.17) is 0 Å². The lowest BCUT2D eigenvalue weighted by Gasteiger charge is -2.11. The molecule has 1 aromatic heterocycles. The van der Waals surface area contributed by atoms with Gasteiger partial charge in [-0.05, 0) is 18.6 Å². The van der Waals surface area contributed by atoms with Gasteiger partial charge >= 0.3 is 0 Å². The van der Waals surface area contributed by atoms with E-state index in [0.717, 1.165) is 10.6 Å². The van der Waals surface area contributed by atoms with Crippen LogP contribution in [0.4, 0.5) is 5.13 Å². The first-order chi connectivity index (χ1) is 11.5. The number of benzene rings is 1. The number of nitrogens with zero attached hydrogens (tertiary/aromatic N) is 2. The number of hydrogen-bond donors (Lipinski definition) is 2. The average molecular weight is 344 g/mol. The van der Waals surface area contributed by atoms with E-state index in [1.807, 2.05) is 44.2 Å². The lowest BCUT2D eigenvalue weighted by atomic mass is 10.2. The van der Waals surface area contributed by atoms with Gasteiger partial charge in [0.1, 0.15) is 11.0 Å². The summed E-state index contributed by atoms with van der Waals surface area (Å²) in [6.07, 6.45) is 3.10. The van der Waals surface area contributed by atoms with Crippen LogP contribution in [0.5, 0.6) is 0 Å². The molecule has 24 heavy (non-hydrogen) atoms. The number of carbonyl (C=O) groups excluding carboxylic acids is 2. The van der Waals surface area contributed by atoms with Crippen molar-refractivity contribution >= 4 is 34.4 Å². The van der Waals surface area contributed by atoms with E-state index in [1.54, 1.807) is 13.0 Å². The van der Waals surface area contributed by atoms with Gasteiger partial charge in [0, 0.05) is 12.0 Å². The first kappa shape index (κ1) is 17.8. The second kappa shape index (κ2) is 8.35. The lowest BCUT2D eigenvalue weighted by Crippen LogP contribution is -2.40. The minimum atomic E-state index is -0.677. The summed E-state index contributed by atoms with van der Waals surface area (Å²) in [5.41, 5.74) is 0.917. The standard InChI is InChI=1S/C17H20N4O2S/c1-11(2)16-20-21-17(24-16)19-15(23)12(3)18-14(22)10-9-13-7-5-4-6-8-13/h4-12H,1-3H3,(H,18,22)(H,19,21,23)/b10-9+. The quantitative estimate of drug-likeness (QED) is 0.789. The van der Waals surface area contributed by atoms with Gasteiger partial charge in [-0.25, -0.2) is 0 Å². The molecule has 1 unspecified atom stereocenters. The molecule has 7 heteroatoms. The largest absolute Gasteiger partial charge is 0.341 e. The number of aromatic nitrogens is 2. The second-order valence-corrected chi connectivity index (χ2v) is 6.57. The molecule has 126 valence electrons. The van der Waals surface area contributed by atoms with Crippen molar-refractivity contribution in [3.05, 3.63) is 47.0 Å². The molecule has 2 N–H and O–H groups in total. The molecule has 0 saturated carbocycles. The molecule has 0 radical (unpaired) electrons. The average Bonchev–Trinajstić information content (AvgIpc) is 3.02. The number of carbonyl (C=O) groups is 2. The van der Waals surface area contributed by atoms with Crippen molar-refractivity contribution < 1.29 is 9.59 Å². The summed E-state index contributed by atoms with van der Waals surface area (Å²) in [5.74, 6) is -0.405. The van der Waals surface area contributed by atoms with Crippen molar-refractivity contribution in [2.45, 2.75) is 32.7 Å². The van der Waals surface area contributed by atoms with E-state index >= 15 is 0 Å². The fourth-order valence-corrected chi connectivity index (χ4v) is 2.54. The Bertz CT molecular complexity index is 725. The van der Waals surface area contributed by atoms with Gasteiger partial charge in [-0.3, -0.25) is 14.9 Å². The highest BCUT2D eigenvalue weighted by atomic mass is 32.1. The van der Waals surface area contributed by atoms with Gasteiger partial charge in [0.15, 0.2) is 0 Å². The monoisotopic (exact) mass is 344 g/mol. The maximum atomic E-state index is 12.1. The summed E-state index contributed by atoms with van der Waals surface area (Å²) in [4.78, 5) is 24.0. The van der Waals surface area contributed by atoms with Crippen molar-refractivity contribution in [1.82, 2.24) is 15.5 Å². The van der Waals surface area contributed by atoms with Crippen LogP contribution in [-0.4, -0.2) is 28.1 Å². The van der Waals surface area contributed by atoms with Crippen LogP contribution >= 0.6 is 11.3 Å². The maximum Gasteiger partial charge on any atom is 0.248 e. The van der Waals surface area contributed by atoms with Gasteiger partial charge in [0.05, 0.1) is 0 Å². The maximum absolute atomic E-state index is 12.1. The Morgan fingerprint density at radius 1 is 1.12 bits per heavy atom. The van der Waals surface area contributed by atoms with Gasteiger partial charge in [0.2, 0.25) is 16.9 Å². The highest BCUT2D eigenvalue weighted by molar-refractivity contribution is 7.15. The number of rotatable bonds is 6. The number of anilines is 1. The third-order valence-corrected chi connectivity index (χ3v) is 4.28. The first-order valence-corrected chi connectivity index (χ1v) is 8.45. The minimum Gasteiger partial charge on any atom is -0.341 e. The minimum absolute atomic E-state index is 0.258. The number of nitrogens with one attached hydrogen (secondary N) is 2. The van der Waals surface area contributed by atoms with Crippen LogP contribution in [0, 0.1) is 0 Å². The summed E-state index contributed by atoms with van der Waals surface area (Å²) in [6, 6.07) is 8.79. The molecule has 2 rings (SSSR count). The Morgan fingerprint density at radius 3 is 2.46 bits per heavy atom. The van der Waals surface area contributed by atoms with Crippen molar-refractivity contribution in [2.75, 3.05) is 5.32 Å². The van der Waals surface area contributed by atoms with Crippen LogP contribution < -0.4 is 10.6 Å². The molecular weight excluding hydrogens is 324 g/mol. The van der Waals surface area contributed by atoms with Crippen LogP contribution in [0.3, 0.4) is 0 Å². The lowest BCUT2D eigenvalue weighted by molar-refractivity contribution is -0.123. The van der Waals surface area contributed by atoms with Crippen LogP contribution in [0.25, 0.3) is 6.08 Å². The van der Waals surface area contributed by atoms with Crippen LogP contribution in [-0.2, 0) is 9.59 Å². The summed E-state index contributed by atoms with van der Waals surface area (Å²) < 4.78 is 0. The molecule has 2 amide bonds. The zero-order chi connectivity index (χ0) is 17.5. The van der Waals surface area contributed by atoms with Gasteiger partial charge in [0.25, 0.3) is 0 Å². The molecule has 1 atom stereocenters. The van der Waals surface area contributed by atoms with E-state index in [0.29, 0.717) is 5.13 Å². The second-order valence-electron chi connectivity index (χ2n) is 5.56. The van der Waals surface area contributed by atoms with Crippen molar-refractivity contribution in [3.8, 4) is 0 Å². The number of amides is 2. The zero-order valence-electron chi connectivity index (χ0n) is 13.8. The summed E-state index contributed by atoms with van der Waals surface area (Å²) in [6.45, 7) is 5.63. The summed E-state index contributed by atoms with van der Waals surface area (Å²) in [7, 11) is 0. The SMILES string of the molecule is CC(NC(=O)/C=C/c1ccccc1)C(=O)Nc1nnc(C(C)C)s1. The van der Waals surface area contributed by atoms with Crippen LogP contribution in [0.15, 0.2) is 36.4 Å². The predicted molar refractivity (Wildman–Crippen MR) is 95.7 cm³/mol. The molecule has 0 aliphatic heterocycles. The third-order valence-electron chi connectivity index (χ3n) is 3.14. The summed E-state index contributed by atoms with van der Waals surface area (Å²) in [5, 5.41) is 14.5. The van der Waals surface area contributed by atoms with Crippen LogP contribution in [0.1, 0.15) is 37.3 Å². The van der Waals surface area contributed by atoms with E-state index in [1.165, 1.54) is 17.4 Å². The van der Waals surface area contributed by atoms with E-state index in [2.05, 4.69) is 20.8 Å². The van der Waals surface area contributed by atoms with Gasteiger partial charge in [-0.1, -0.05) is 55.5 Å². The molecule has 0 bridgehead atoms. The Labute approximate surface area is 145 Å². The normalized spacial score (nSPS) is 12.3. The van der Waals surface area contributed by atoms with Gasteiger partial charge in [-0.2, -0.15) is 0 Å². The number of hydrogen-bond acceptors (Lipinski definition) is 5. The molecule has 1 aromatic carbocycles. The van der Waals surface area contributed by atoms with Crippen molar-refractivity contribution in [2.24, 2.45) is 0 Å². The molecule has 1 heterocycles. The molecule has 0 aliphatic carbocycles. The molecule has 0 saturated heterocycles. The smallest absolute Gasteiger partial charge is 0.248 e. The molecule has 0 aliphatic rings. The topological polar surface area (TPSA) is 84.0 Å². The van der Waals surface area contributed by atoms with Gasteiger partial charge < -0.3 is 5.32 Å². The fourth-order valence-electron chi connectivity index (χ4n) is 1.80.